The van der Waals surface area contributed by atoms with Crippen LogP contribution in [0.4, 0.5) is 5.69 Å². The third-order valence-corrected chi connectivity index (χ3v) is 4.67. The first kappa shape index (κ1) is 16.8. The molecule has 0 aliphatic carbocycles. The van der Waals surface area contributed by atoms with Crippen LogP contribution in [0.5, 0.6) is 0 Å². The van der Waals surface area contributed by atoms with Crippen LogP contribution < -0.4 is 5.32 Å². The maximum absolute atomic E-state index is 12.1. The highest BCUT2D eigenvalue weighted by molar-refractivity contribution is 7.99. The van der Waals surface area contributed by atoms with Crippen LogP contribution in [0.15, 0.2) is 66.0 Å². The topological polar surface area (TPSA) is 70.7 Å². The molecular formula is C19H16N4OS. The van der Waals surface area contributed by atoms with E-state index in [0.29, 0.717) is 11.3 Å². The van der Waals surface area contributed by atoms with Crippen molar-refractivity contribution in [1.82, 2.24) is 9.55 Å². The van der Waals surface area contributed by atoms with Gasteiger partial charge in [-0.1, -0.05) is 48.2 Å². The van der Waals surface area contributed by atoms with Crippen molar-refractivity contribution in [3.63, 3.8) is 0 Å². The Labute approximate surface area is 150 Å². The summed E-state index contributed by atoms with van der Waals surface area (Å²) in [5.41, 5.74) is 3.23. The molecule has 5 nitrogen and oxygen atoms in total. The molecule has 1 heterocycles. The zero-order valence-electron chi connectivity index (χ0n) is 13.6. The fourth-order valence-electron chi connectivity index (χ4n) is 2.40. The van der Waals surface area contributed by atoms with Crippen molar-refractivity contribution in [2.75, 3.05) is 11.1 Å². The highest BCUT2D eigenvalue weighted by atomic mass is 32.2. The van der Waals surface area contributed by atoms with Gasteiger partial charge in [-0.05, 0) is 23.8 Å². The SMILES string of the molecule is Cn1c(-c2ccccc2)cnc1SCC(=O)Nc1cccc(C#N)c1. The monoisotopic (exact) mass is 348 g/mol. The van der Waals surface area contributed by atoms with E-state index in [2.05, 4.69) is 16.4 Å². The maximum atomic E-state index is 12.1. The molecule has 0 aliphatic heterocycles. The number of rotatable bonds is 5. The first-order chi connectivity index (χ1) is 12.2. The third-order valence-electron chi connectivity index (χ3n) is 3.62. The number of nitriles is 1. The zero-order chi connectivity index (χ0) is 17.6. The third kappa shape index (κ3) is 4.08. The lowest BCUT2D eigenvalue weighted by Crippen LogP contribution is -2.14. The van der Waals surface area contributed by atoms with Gasteiger partial charge in [0.05, 0.1) is 29.3 Å². The van der Waals surface area contributed by atoms with Crippen molar-refractivity contribution in [3.8, 4) is 17.3 Å². The van der Waals surface area contributed by atoms with E-state index in [1.54, 1.807) is 24.3 Å². The van der Waals surface area contributed by atoms with Gasteiger partial charge in [0.15, 0.2) is 5.16 Å². The van der Waals surface area contributed by atoms with E-state index in [-0.39, 0.29) is 11.7 Å². The van der Waals surface area contributed by atoms with Crippen LogP contribution in [0.2, 0.25) is 0 Å². The number of hydrogen-bond acceptors (Lipinski definition) is 4. The molecule has 6 heteroatoms. The summed E-state index contributed by atoms with van der Waals surface area (Å²) in [6, 6.07) is 18.9. The highest BCUT2D eigenvalue weighted by Gasteiger charge is 2.11. The van der Waals surface area contributed by atoms with Gasteiger partial charge in [0.25, 0.3) is 0 Å². The molecule has 0 unspecified atom stereocenters. The van der Waals surface area contributed by atoms with Crippen LogP contribution in [0.3, 0.4) is 0 Å². The lowest BCUT2D eigenvalue weighted by Gasteiger charge is -2.07. The minimum atomic E-state index is -0.135. The van der Waals surface area contributed by atoms with Gasteiger partial charge in [0, 0.05) is 12.7 Å². The number of nitrogens with zero attached hydrogens (tertiary/aromatic N) is 3. The van der Waals surface area contributed by atoms with Gasteiger partial charge < -0.3 is 9.88 Å². The second-order valence-electron chi connectivity index (χ2n) is 5.38. The van der Waals surface area contributed by atoms with Gasteiger partial charge in [-0.3, -0.25) is 4.79 Å². The first-order valence-electron chi connectivity index (χ1n) is 7.67. The smallest absolute Gasteiger partial charge is 0.234 e. The van der Waals surface area contributed by atoms with Crippen LogP contribution >= 0.6 is 11.8 Å². The number of carbonyl (C=O) groups is 1. The maximum Gasteiger partial charge on any atom is 0.234 e. The molecule has 0 spiro atoms. The summed E-state index contributed by atoms with van der Waals surface area (Å²) in [4.78, 5) is 16.5. The number of thioether (sulfide) groups is 1. The number of benzene rings is 2. The van der Waals surface area contributed by atoms with Gasteiger partial charge in [-0.25, -0.2) is 4.98 Å². The molecule has 25 heavy (non-hydrogen) atoms. The van der Waals surface area contributed by atoms with Crippen molar-refractivity contribution >= 4 is 23.4 Å². The minimum absolute atomic E-state index is 0.135. The standard InChI is InChI=1S/C19H16N4OS/c1-23-17(15-7-3-2-4-8-15)12-21-19(23)25-13-18(24)22-16-9-5-6-14(10-16)11-20/h2-10,12H,13H2,1H3,(H,22,24). The molecule has 1 N–H and O–H groups in total. The molecule has 124 valence electrons. The fourth-order valence-corrected chi connectivity index (χ4v) is 3.15. The average Bonchev–Trinajstić information content (AvgIpc) is 3.01. The number of hydrogen-bond donors (Lipinski definition) is 1. The van der Waals surface area contributed by atoms with Gasteiger partial charge in [0.2, 0.25) is 5.91 Å². The van der Waals surface area contributed by atoms with Gasteiger partial charge in [-0.15, -0.1) is 0 Å². The normalized spacial score (nSPS) is 10.2. The summed E-state index contributed by atoms with van der Waals surface area (Å²) < 4.78 is 1.98. The Morgan fingerprint density at radius 2 is 2.04 bits per heavy atom. The van der Waals surface area contributed by atoms with Gasteiger partial charge in [-0.2, -0.15) is 5.26 Å². The molecule has 2 aromatic carbocycles. The Morgan fingerprint density at radius 1 is 1.24 bits per heavy atom. The van der Waals surface area contributed by atoms with Crippen LogP contribution in [-0.4, -0.2) is 21.2 Å². The second-order valence-corrected chi connectivity index (χ2v) is 6.32. The van der Waals surface area contributed by atoms with E-state index in [0.717, 1.165) is 16.4 Å². The average molecular weight is 348 g/mol. The Hall–Kier alpha value is -3.04. The minimum Gasteiger partial charge on any atom is -0.325 e. The van der Waals surface area contributed by atoms with Crippen molar-refractivity contribution < 1.29 is 4.79 Å². The van der Waals surface area contributed by atoms with Gasteiger partial charge in [0.1, 0.15) is 0 Å². The van der Waals surface area contributed by atoms with E-state index in [1.807, 2.05) is 48.1 Å². The predicted octanol–water partition coefficient (Wildman–Crippen LogP) is 3.69. The number of imidazole rings is 1. The summed E-state index contributed by atoms with van der Waals surface area (Å²) in [5.74, 6) is 0.111. The lowest BCUT2D eigenvalue weighted by atomic mass is 10.2. The number of aromatic nitrogens is 2. The summed E-state index contributed by atoms with van der Waals surface area (Å²) in [6.07, 6.45) is 1.81. The molecule has 0 radical (unpaired) electrons. The summed E-state index contributed by atoms with van der Waals surface area (Å²) >= 11 is 1.37. The Balaban J connectivity index is 1.63. The molecular weight excluding hydrogens is 332 g/mol. The van der Waals surface area contributed by atoms with E-state index < -0.39 is 0 Å². The van der Waals surface area contributed by atoms with Crippen LogP contribution in [0.1, 0.15) is 5.56 Å². The van der Waals surface area contributed by atoms with Crippen molar-refractivity contribution in [3.05, 3.63) is 66.4 Å². The van der Waals surface area contributed by atoms with Crippen LogP contribution in [0, 0.1) is 11.3 Å². The van der Waals surface area contributed by atoms with Crippen molar-refractivity contribution in [1.29, 1.82) is 5.26 Å². The van der Waals surface area contributed by atoms with E-state index in [4.69, 9.17) is 5.26 Å². The van der Waals surface area contributed by atoms with E-state index >= 15 is 0 Å². The van der Waals surface area contributed by atoms with Crippen molar-refractivity contribution in [2.45, 2.75) is 5.16 Å². The van der Waals surface area contributed by atoms with Crippen molar-refractivity contribution in [2.24, 2.45) is 7.05 Å². The lowest BCUT2D eigenvalue weighted by molar-refractivity contribution is -0.113. The highest BCUT2D eigenvalue weighted by Crippen LogP contribution is 2.24. The Bertz CT molecular complexity index is 928. The molecule has 0 bridgehead atoms. The number of nitrogens with one attached hydrogen (secondary N) is 1. The predicted molar refractivity (Wildman–Crippen MR) is 99.2 cm³/mol. The van der Waals surface area contributed by atoms with Gasteiger partial charge >= 0.3 is 0 Å². The molecule has 0 saturated carbocycles. The number of anilines is 1. The second kappa shape index (κ2) is 7.69. The Morgan fingerprint density at radius 3 is 2.80 bits per heavy atom. The molecule has 0 atom stereocenters. The number of amides is 1. The van der Waals surface area contributed by atoms with Crippen LogP contribution in [-0.2, 0) is 11.8 Å². The quantitative estimate of drug-likeness (QED) is 0.714. The van der Waals surface area contributed by atoms with Crippen LogP contribution in [0.25, 0.3) is 11.3 Å². The van der Waals surface area contributed by atoms with E-state index in [9.17, 15) is 4.79 Å². The number of carbonyl (C=O) groups excluding carboxylic acids is 1. The molecule has 1 aromatic heterocycles. The summed E-state index contributed by atoms with van der Waals surface area (Å²) in [6.45, 7) is 0. The molecule has 3 rings (SSSR count). The fraction of sp³-hybridized carbons (Fsp3) is 0.105. The Kier molecular flexibility index (Phi) is 5.17. The molecule has 1 amide bonds. The molecule has 0 fully saturated rings. The largest absolute Gasteiger partial charge is 0.325 e. The zero-order valence-corrected chi connectivity index (χ0v) is 14.5. The summed E-state index contributed by atoms with van der Waals surface area (Å²) in [7, 11) is 1.94. The molecule has 0 aliphatic rings. The molecule has 3 aromatic rings. The first-order valence-corrected chi connectivity index (χ1v) is 8.66. The summed E-state index contributed by atoms with van der Waals surface area (Å²) in [5, 5.41) is 12.5. The van der Waals surface area contributed by atoms with E-state index in [1.165, 1.54) is 11.8 Å². The molecule has 0 saturated heterocycles.